The van der Waals surface area contributed by atoms with E-state index < -0.39 is 0 Å². The number of carbonyl (C=O) groups is 1. The summed E-state index contributed by atoms with van der Waals surface area (Å²) in [6.45, 7) is 4.50. The Kier molecular flexibility index (Phi) is 5.85. The summed E-state index contributed by atoms with van der Waals surface area (Å²) in [5.41, 5.74) is 3.16. The number of nitrogens with zero attached hydrogens (tertiary/aromatic N) is 4. The van der Waals surface area contributed by atoms with Crippen LogP contribution in [-0.4, -0.2) is 60.6 Å². The van der Waals surface area contributed by atoms with Gasteiger partial charge in [-0.05, 0) is 24.6 Å². The topological polar surface area (TPSA) is 48.9 Å². The molecule has 26 heavy (non-hydrogen) atoms. The number of hydroxylamine groups is 2. The van der Waals surface area contributed by atoms with Crippen LogP contribution in [-0.2, 0) is 16.2 Å². The first-order chi connectivity index (χ1) is 12.5. The summed E-state index contributed by atoms with van der Waals surface area (Å²) in [5, 5.41) is 1.83. The summed E-state index contributed by atoms with van der Waals surface area (Å²) >= 11 is 0. The van der Waals surface area contributed by atoms with Crippen LogP contribution in [0.5, 0.6) is 0 Å². The van der Waals surface area contributed by atoms with E-state index in [1.807, 2.05) is 54.6 Å². The fourth-order valence-electron chi connectivity index (χ4n) is 3.11. The van der Waals surface area contributed by atoms with Gasteiger partial charge in [-0.1, -0.05) is 30.3 Å². The van der Waals surface area contributed by atoms with Crippen LogP contribution in [0.2, 0.25) is 0 Å². The third kappa shape index (κ3) is 4.39. The lowest BCUT2D eigenvalue weighted by atomic mass is 10.1. The fourth-order valence-corrected chi connectivity index (χ4v) is 3.11. The molecule has 6 heteroatoms. The van der Waals surface area contributed by atoms with Crippen LogP contribution in [0.25, 0.3) is 0 Å². The first kappa shape index (κ1) is 18.4. The summed E-state index contributed by atoms with van der Waals surface area (Å²) in [4.78, 5) is 26.8. The van der Waals surface area contributed by atoms with Crippen molar-refractivity contribution in [3.05, 3.63) is 59.9 Å². The minimum Gasteiger partial charge on any atom is -0.368 e. The molecule has 1 aliphatic heterocycles. The van der Waals surface area contributed by atoms with Gasteiger partial charge in [-0.3, -0.25) is 14.6 Å². The number of rotatable bonds is 5. The largest absolute Gasteiger partial charge is 0.368 e. The van der Waals surface area contributed by atoms with Crippen LogP contribution in [0.3, 0.4) is 0 Å². The lowest BCUT2D eigenvalue weighted by Gasteiger charge is -2.41. The first-order valence-corrected chi connectivity index (χ1v) is 8.87. The average molecular weight is 354 g/mol. The highest BCUT2D eigenvalue weighted by atomic mass is 16.7. The van der Waals surface area contributed by atoms with E-state index in [1.165, 1.54) is 0 Å². The average Bonchev–Trinajstić information content (AvgIpc) is 2.66. The van der Waals surface area contributed by atoms with Crippen LogP contribution in [0.15, 0.2) is 48.7 Å². The Labute approximate surface area is 154 Å². The highest BCUT2D eigenvalue weighted by molar-refractivity contribution is 5.82. The van der Waals surface area contributed by atoms with Gasteiger partial charge in [0.05, 0.1) is 6.61 Å². The number of hydrogen-bond acceptors (Lipinski definition) is 5. The summed E-state index contributed by atoms with van der Waals surface area (Å²) in [6.07, 6.45) is 1.81. The number of piperazine rings is 1. The number of anilines is 1. The van der Waals surface area contributed by atoms with Crippen molar-refractivity contribution in [3.8, 4) is 0 Å². The van der Waals surface area contributed by atoms with Gasteiger partial charge in [0, 0.05) is 51.3 Å². The van der Waals surface area contributed by atoms with E-state index in [0.29, 0.717) is 19.7 Å². The smallest absolute Gasteiger partial charge is 0.243 e. The second-order valence-corrected chi connectivity index (χ2v) is 6.75. The Morgan fingerprint density at radius 1 is 1.23 bits per heavy atom. The van der Waals surface area contributed by atoms with E-state index in [2.05, 4.69) is 16.0 Å². The molecule has 0 bridgehead atoms. The van der Waals surface area contributed by atoms with Gasteiger partial charge in [0.2, 0.25) is 5.91 Å². The summed E-state index contributed by atoms with van der Waals surface area (Å²) < 4.78 is 0. The molecule has 0 N–H and O–H groups in total. The zero-order valence-corrected chi connectivity index (χ0v) is 15.6. The Hall–Kier alpha value is -2.44. The monoisotopic (exact) mass is 354 g/mol. The van der Waals surface area contributed by atoms with E-state index in [0.717, 1.165) is 23.5 Å². The van der Waals surface area contributed by atoms with Crippen LogP contribution in [0, 0.1) is 6.92 Å². The second-order valence-electron chi connectivity index (χ2n) is 6.75. The molecule has 1 aromatic heterocycles. The SMILES string of the molecule is Cc1cc(N2CCN(OCc3ccccc3)C(C(=O)N(C)C)C2)ccn1. The molecule has 1 atom stereocenters. The molecule has 1 aliphatic rings. The van der Waals surface area contributed by atoms with Crippen molar-refractivity contribution in [2.45, 2.75) is 19.6 Å². The van der Waals surface area contributed by atoms with E-state index in [1.54, 1.807) is 19.0 Å². The molecule has 1 fully saturated rings. The number of pyridine rings is 1. The molecular weight excluding hydrogens is 328 g/mol. The van der Waals surface area contributed by atoms with Crippen LogP contribution < -0.4 is 4.90 Å². The van der Waals surface area contributed by atoms with Crippen molar-refractivity contribution in [2.24, 2.45) is 0 Å². The minimum atomic E-state index is -0.337. The van der Waals surface area contributed by atoms with Crippen molar-refractivity contribution in [1.29, 1.82) is 0 Å². The van der Waals surface area contributed by atoms with E-state index in [9.17, 15) is 4.79 Å². The standard InChI is InChI=1S/C20H26N4O2/c1-16-13-18(9-10-21-16)23-11-12-24(19(14-23)20(25)22(2)3)26-15-17-7-5-4-6-8-17/h4-10,13,19H,11-12,14-15H2,1-3H3. The first-order valence-electron chi connectivity index (χ1n) is 8.87. The van der Waals surface area contributed by atoms with Gasteiger partial charge in [-0.25, -0.2) is 0 Å². The number of likely N-dealkylation sites (N-methyl/N-ethyl adjacent to an activating group) is 1. The number of amides is 1. The molecule has 0 saturated carbocycles. The number of carbonyl (C=O) groups excluding carboxylic acids is 1. The van der Waals surface area contributed by atoms with Crippen LogP contribution in [0.4, 0.5) is 5.69 Å². The Morgan fingerprint density at radius 3 is 2.69 bits per heavy atom. The maximum atomic E-state index is 12.7. The molecule has 2 aromatic rings. The highest BCUT2D eigenvalue weighted by Gasteiger charge is 2.34. The predicted octanol–water partition coefficient (Wildman–Crippen LogP) is 2.10. The van der Waals surface area contributed by atoms with Crippen LogP contribution in [0.1, 0.15) is 11.3 Å². The summed E-state index contributed by atoms with van der Waals surface area (Å²) in [5.74, 6) is 0.0496. The molecule has 1 amide bonds. The van der Waals surface area contributed by atoms with Crippen molar-refractivity contribution < 1.29 is 9.63 Å². The van der Waals surface area contributed by atoms with Gasteiger partial charge < -0.3 is 9.80 Å². The molecule has 0 aliphatic carbocycles. The Morgan fingerprint density at radius 2 is 2.00 bits per heavy atom. The molecule has 1 aromatic carbocycles. The third-order valence-electron chi connectivity index (χ3n) is 4.54. The third-order valence-corrected chi connectivity index (χ3v) is 4.54. The van der Waals surface area contributed by atoms with Crippen molar-refractivity contribution >= 4 is 11.6 Å². The molecule has 6 nitrogen and oxygen atoms in total. The number of benzene rings is 1. The maximum Gasteiger partial charge on any atom is 0.243 e. The molecule has 3 rings (SSSR count). The quantitative estimate of drug-likeness (QED) is 0.823. The lowest BCUT2D eigenvalue weighted by Crippen LogP contribution is -2.58. The van der Waals surface area contributed by atoms with Gasteiger partial charge in [0.25, 0.3) is 0 Å². The molecule has 1 unspecified atom stereocenters. The summed E-state index contributed by atoms with van der Waals surface area (Å²) in [7, 11) is 3.57. The molecule has 1 saturated heterocycles. The highest BCUT2D eigenvalue weighted by Crippen LogP contribution is 2.21. The zero-order chi connectivity index (χ0) is 18.5. The Balaban J connectivity index is 1.72. The van der Waals surface area contributed by atoms with Gasteiger partial charge in [-0.15, -0.1) is 0 Å². The van der Waals surface area contributed by atoms with Gasteiger partial charge in [0.1, 0.15) is 6.04 Å². The van der Waals surface area contributed by atoms with Gasteiger partial charge >= 0.3 is 0 Å². The molecular formula is C20H26N4O2. The Bertz CT molecular complexity index is 736. The van der Waals surface area contributed by atoms with Gasteiger partial charge in [-0.2, -0.15) is 5.06 Å². The minimum absolute atomic E-state index is 0.0496. The van der Waals surface area contributed by atoms with Crippen molar-refractivity contribution in [1.82, 2.24) is 14.9 Å². The molecule has 0 spiro atoms. The second kappa shape index (κ2) is 8.29. The van der Waals surface area contributed by atoms with E-state index >= 15 is 0 Å². The van der Waals surface area contributed by atoms with E-state index in [-0.39, 0.29) is 11.9 Å². The number of aromatic nitrogens is 1. The van der Waals surface area contributed by atoms with Gasteiger partial charge in [0.15, 0.2) is 0 Å². The van der Waals surface area contributed by atoms with Crippen molar-refractivity contribution in [2.75, 3.05) is 38.6 Å². The zero-order valence-electron chi connectivity index (χ0n) is 15.6. The predicted molar refractivity (Wildman–Crippen MR) is 102 cm³/mol. The number of aryl methyl sites for hydroxylation is 1. The molecule has 138 valence electrons. The maximum absolute atomic E-state index is 12.7. The molecule has 2 heterocycles. The van der Waals surface area contributed by atoms with Crippen molar-refractivity contribution in [3.63, 3.8) is 0 Å². The molecule has 0 radical (unpaired) electrons. The number of hydrogen-bond donors (Lipinski definition) is 0. The lowest BCUT2D eigenvalue weighted by molar-refractivity contribution is -0.204. The summed E-state index contributed by atoms with van der Waals surface area (Å²) in [6, 6.07) is 13.7. The normalized spacial score (nSPS) is 18.0. The fraction of sp³-hybridized carbons (Fsp3) is 0.400. The van der Waals surface area contributed by atoms with E-state index in [4.69, 9.17) is 4.84 Å². The van der Waals surface area contributed by atoms with Crippen LogP contribution >= 0.6 is 0 Å².